The molecule has 3 N–H and O–H groups in total. The summed E-state index contributed by atoms with van der Waals surface area (Å²) in [6.45, 7) is 5.67. The number of nitrogens with one attached hydrogen (secondary N) is 1. The lowest BCUT2D eigenvalue weighted by molar-refractivity contribution is 0.114. The third-order valence-corrected chi connectivity index (χ3v) is 7.01. The highest BCUT2D eigenvalue weighted by Gasteiger charge is 2.18. The average molecular weight is 587 g/mol. The Labute approximate surface area is 243 Å². The van der Waals surface area contributed by atoms with Crippen molar-refractivity contribution in [1.82, 2.24) is 9.97 Å². The molecule has 1 aromatic heterocycles. The van der Waals surface area contributed by atoms with Crippen LogP contribution in [0.25, 0.3) is 0 Å². The molecular weight excluding hydrogens is 544 g/mol. The highest BCUT2D eigenvalue weighted by atomic mass is 32.2. The van der Waals surface area contributed by atoms with E-state index in [0.717, 1.165) is 47.9 Å². The van der Waals surface area contributed by atoms with Gasteiger partial charge in [0.05, 0.1) is 33.2 Å². The van der Waals surface area contributed by atoms with Crippen molar-refractivity contribution in [2.45, 2.75) is 58.6 Å². The van der Waals surface area contributed by atoms with Gasteiger partial charge in [0, 0.05) is 42.8 Å². The summed E-state index contributed by atoms with van der Waals surface area (Å²) in [7, 11) is -1.85. The number of methoxy groups -OCH3 is 1. The second-order valence-corrected chi connectivity index (χ2v) is 11.5. The first-order chi connectivity index (χ1) is 19.7. The van der Waals surface area contributed by atoms with Gasteiger partial charge in [0.25, 0.3) is 10.1 Å². The van der Waals surface area contributed by atoms with Crippen LogP contribution in [0.1, 0.15) is 55.0 Å². The fourth-order valence-electron chi connectivity index (χ4n) is 4.38. The summed E-state index contributed by atoms with van der Waals surface area (Å²) in [5.74, 6) is 2.22. The first-order valence-electron chi connectivity index (χ1n) is 13.8. The van der Waals surface area contributed by atoms with Gasteiger partial charge in [0.2, 0.25) is 5.95 Å². The highest BCUT2D eigenvalue weighted by Crippen LogP contribution is 2.30. The molecule has 0 fully saturated rings. The Balaban J connectivity index is 1.67. The Morgan fingerprint density at radius 3 is 2.51 bits per heavy atom. The fourth-order valence-corrected chi connectivity index (χ4v) is 4.80. The fraction of sp³-hybridized carbons (Fsp3) is 0.467. The van der Waals surface area contributed by atoms with E-state index in [4.69, 9.17) is 24.1 Å². The van der Waals surface area contributed by atoms with E-state index >= 15 is 0 Å². The maximum absolute atomic E-state index is 11.1. The second kappa shape index (κ2) is 16.1. The molecule has 1 heterocycles. The van der Waals surface area contributed by atoms with E-state index in [9.17, 15) is 8.42 Å². The quantitative estimate of drug-likeness (QED) is 0.157. The van der Waals surface area contributed by atoms with Gasteiger partial charge >= 0.3 is 0 Å². The van der Waals surface area contributed by atoms with E-state index in [2.05, 4.69) is 34.3 Å². The number of nitrogens with zero attached hydrogens (tertiary/aromatic N) is 2. The zero-order chi connectivity index (χ0) is 29.7. The van der Waals surface area contributed by atoms with Gasteiger partial charge in [-0.3, -0.25) is 4.18 Å². The van der Waals surface area contributed by atoms with Crippen LogP contribution in [0.4, 0.5) is 11.8 Å². The maximum atomic E-state index is 11.1. The van der Waals surface area contributed by atoms with Crippen molar-refractivity contribution < 1.29 is 26.8 Å². The Hall–Kier alpha value is -3.41. The molecule has 0 aliphatic heterocycles. The molecule has 0 saturated carbocycles. The predicted molar refractivity (Wildman–Crippen MR) is 161 cm³/mol. The number of hydrogen-bond acceptors (Lipinski definition) is 10. The van der Waals surface area contributed by atoms with Crippen LogP contribution in [0, 0.1) is 6.92 Å². The zero-order valence-electron chi connectivity index (χ0n) is 24.4. The average Bonchev–Trinajstić information content (AvgIpc) is 2.93. The predicted octanol–water partition coefficient (Wildman–Crippen LogP) is 4.90. The Kier molecular flexibility index (Phi) is 12.6. The number of anilines is 2. The zero-order valence-corrected chi connectivity index (χ0v) is 25.2. The largest absolute Gasteiger partial charge is 0.496 e. The molecule has 3 rings (SSSR count). The molecule has 0 aliphatic rings. The van der Waals surface area contributed by atoms with Crippen LogP contribution in [-0.2, 0) is 32.1 Å². The van der Waals surface area contributed by atoms with Gasteiger partial charge in [-0.05, 0) is 37.0 Å². The lowest BCUT2D eigenvalue weighted by atomic mass is 10.0. The van der Waals surface area contributed by atoms with Crippen LogP contribution in [0.15, 0.2) is 48.5 Å². The summed E-state index contributed by atoms with van der Waals surface area (Å²) < 4.78 is 44.3. The molecule has 2 aromatic carbocycles. The van der Waals surface area contributed by atoms with Gasteiger partial charge in [-0.15, -0.1) is 0 Å². The van der Waals surface area contributed by atoms with E-state index in [1.54, 1.807) is 7.11 Å². The van der Waals surface area contributed by atoms with Crippen molar-refractivity contribution in [3.8, 4) is 11.5 Å². The summed E-state index contributed by atoms with van der Waals surface area (Å²) in [5.41, 5.74) is 9.89. The molecule has 0 saturated heterocycles. The van der Waals surface area contributed by atoms with E-state index in [-0.39, 0.29) is 18.6 Å². The third-order valence-electron chi connectivity index (χ3n) is 6.41. The highest BCUT2D eigenvalue weighted by molar-refractivity contribution is 7.85. The van der Waals surface area contributed by atoms with Gasteiger partial charge in [0.1, 0.15) is 17.3 Å². The van der Waals surface area contributed by atoms with E-state index < -0.39 is 10.1 Å². The summed E-state index contributed by atoms with van der Waals surface area (Å²) in [6, 6.07) is 15.9. The number of hydrogen-bond donors (Lipinski definition) is 2. The van der Waals surface area contributed by atoms with E-state index in [0.29, 0.717) is 50.0 Å². The second-order valence-electron chi connectivity index (χ2n) is 9.83. The molecule has 224 valence electrons. The maximum Gasteiger partial charge on any atom is 0.264 e. The third kappa shape index (κ3) is 11.2. The summed E-state index contributed by atoms with van der Waals surface area (Å²) in [4.78, 5) is 8.99. The van der Waals surface area contributed by atoms with Crippen LogP contribution in [0.2, 0.25) is 0 Å². The molecule has 0 amide bonds. The minimum Gasteiger partial charge on any atom is -0.496 e. The van der Waals surface area contributed by atoms with Crippen LogP contribution in [-0.4, -0.2) is 57.6 Å². The lowest BCUT2D eigenvalue weighted by Crippen LogP contribution is -2.24. The van der Waals surface area contributed by atoms with Crippen molar-refractivity contribution in [2.24, 2.45) is 0 Å². The summed E-state index contributed by atoms with van der Waals surface area (Å²) in [6.07, 6.45) is 4.79. The molecule has 10 nitrogen and oxygen atoms in total. The van der Waals surface area contributed by atoms with E-state index in [1.165, 1.54) is 0 Å². The number of ether oxygens (including phenoxy) is 3. The Bertz CT molecular complexity index is 1340. The first kappa shape index (κ1) is 32.1. The van der Waals surface area contributed by atoms with Crippen molar-refractivity contribution in [3.63, 3.8) is 0 Å². The summed E-state index contributed by atoms with van der Waals surface area (Å²) in [5, 5.41) is 3.62. The Morgan fingerprint density at radius 2 is 1.80 bits per heavy atom. The van der Waals surface area contributed by atoms with Gasteiger partial charge in [-0.1, -0.05) is 49.7 Å². The number of benzene rings is 2. The minimum atomic E-state index is -3.46. The van der Waals surface area contributed by atoms with Gasteiger partial charge in [-0.25, -0.2) is 4.98 Å². The molecular formula is C30H42N4O6S. The standard InChI is InChI=1S/C30H42N4O6S/c1-5-10-25(15-18-38-21-23-11-7-6-8-12-23)33-29-27(22(2)32-30(31)34-29)19-24-13-14-26(20-28(24)37-3)39-16-9-17-40-41(4,35)36/h6-8,11-14,20,25H,5,9-10,15-19,21H2,1-4H3,(H3,31,32,33,34). The van der Waals surface area contributed by atoms with Gasteiger partial charge in [-0.2, -0.15) is 13.4 Å². The molecule has 1 unspecified atom stereocenters. The van der Waals surface area contributed by atoms with Crippen molar-refractivity contribution in [3.05, 3.63) is 70.9 Å². The van der Waals surface area contributed by atoms with E-state index in [1.807, 2.05) is 43.3 Å². The minimum absolute atomic E-state index is 0.0679. The van der Waals surface area contributed by atoms with Crippen LogP contribution < -0.4 is 20.5 Å². The monoisotopic (exact) mass is 586 g/mol. The molecule has 0 radical (unpaired) electrons. The molecule has 0 aliphatic carbocycles. The SMILES string of the molecule is CCCC(CCOCc1ccccc1)Nc1nc(N)nc(C)c1Cc1ccc(OCCCOS(C)(=O)=O)cc1OC. The van der Waals surface area contributed by atoms with Crippen molar-refractivity contribution >= 4 is 21.9 Å². The molecule has 41 heavy (non-hydrogen) atoms. The molecule has 11 heteroatoms. The van der Waals surface area contributed by atoms with Crippen molar-refractivity contribution in [1.29, 1.82) is 0 Å². The molecule has 1 atom stereocenters. The van der Waals surface area contributed by atoms with Crippen LogP contribution in [0.3, 0.4) is 0 Å². The van der Waals surface area contributed by atoms with Crippen LogP contribution in [0.5, 0.6) is 11.5 Å². The Morgan fingerprint density at radius 1 is 1.02 bits per heavy atom. The molecule has 0 bridgehead atoms. The van der Waals surface area contributed by atoms with Gasteiger partial charge in [0.15, 0.2) is 0 Å². The summed E-state index contributed by atoms with van der Waals surface area (Å²) >= 11 is 0. The van der Waals surface area contributed by atoms with Gasteiger partial charge < -0.3 is 25.3 Å². The first-order valence-corrected chi connectivity index (χ1v) is 15.7. The number of aromatic nitrogens is 2. The number of nitrogen functional groups attached to an aromatic ring is 1. The lowest BCUT2D eigenvalue weighted by Gasteiger charge is -2.22. The number of nitrogens with two attached hydrogens (primary N) is 1. The van der Waals surface area contributed by atoms with Crippen molar-refractivity contribution in [2.75, 3.05) is 44.2 Å². The molecule has 0 spiro atoms. The normalized spacial score (nSPS) is 12.2. The molecule has 3 aromatic rings. The number of rotatable bonds is 18. The topological polar surface area (TPSA) is 135 Å². The number of aryl methyl sites for hydroxylation is 1. The smallest absolute Gasteiger partial charge is 0.264 e. The van der Waals surface area contributed by atoms with Crippen LogP contribution >= 0.6 is 0 Å².